The molecule has 1 unspecified atom stereocenters. The van der Waals surface area contributed by atoms with E-state index in [1.54, 1.807) is 0 Å². The van der Waals surface area contributed by atoms with Gasteiger partial charge in [0.15, 0.2) is 0 Å². The second kappa shape index (κ2) is 5.18. The van der Waals surface area contributed by atoms with Crippen molar-refractivity contribution in [2.45, 2.75) is 6.92 Å². The zero-order chi connectivity index (χ0) is 8.85. The molecule has 0 aliphatic rings. The van der Waals surface area contributed by atoms with Crippen LogP contribution in [0.3, 0.4) is 0 Å². The van der Waals surface area contributed by atoms with Crippen LogP contribution in [0.4, 0.5) is 0 Å². The number of carbonyl (C=O) groups excluding carboxylic acids is 2. The molecule has 0 aliphatic carbocycles. The Morgan fingerprint density at radius 3 is 2.36 bits per heavy atom. The Bertz CT molecular complexity index is 156. The summed E-state index contributed by atoms with van der Waals surface area (Å²) in [6, 6.07) is 0. The molecule has 11 heavy (non-hydrogen) atoms. The summed E-state index contributed by atoms with van der Waals surface area (Å²) in [7, 11) is 1.29. The van der Waals surface area contributed by atoms with Crippen LogP contribution < -0.4 is 0 Å². The number of ether oxygens (including phenoxy) is 1. The van der Waals surface area contributed by atoms with Gasteiger partial charge in [-0.25, -0.2) is 0 Å². The van der Waals surface area contributed by atoms with Crippen LogP contribution in [0, 0.1) is 5.92 Å². The molecule has 0 aromatic rings. The van der Waals surface area contributed by atoms with Crippen LogP contribution >= 0.6 is 11.8 Å². The van der Waals surface area contributed by atoms with Gasteiger partial charge in [-0.3, -0.25) is 9.59 Å². The van der Waals surface area contributed by atoms with Gasteiger partial charge in [-0.05, 0) is 13.2 Å². The summed E-state index contributed by atoms with van der Waals surface area (Å²) in [6.45, 7) is 1.40. The second-order valence-corrected chi connectivity index (χ2v) is 3.05. The average molecular weight is 176 g/mol. The minimum absolute atomic E-state index is 0.133. The lowest BCUT2D eigenvalue weighted by atomic mass is 10.1. The van der Waals surface area contributed by atoms with Crippen molar-refractivity contribution in [2.75, 3.05) is 19.1 Å². The molecule has 0 N–H and O–H groups in total. The molecule has 4 heteroatoms. The first kappa shape index (κ1) is 10.5. The Labute approximate surface area is 70.5 Å². The van der Waals surface area contributed by atoms with Crippen molar-refractivity contribution in [3.05, 3.63) is 0 Å². The van der Waals surface area contributed by atoms with Gasteiger partial charge in [0.25, 0.3) is 0 Å². The van der Waals surface area contributed by atoms with E-state index in [0.717, 1.165) is 0 Å². The average Bonchev–Trinajstić information content (AvgIpc) is 1.98. The van der Waals surface area contributed by atoms with Gasteiger partial charge < -0.3 is 4.74 Å². The Morgan fingerprint density at radius 1 is 1.55 bits per heavy atom. The van der Waals surface area contributed by atoms with Crippen molar-refractivity contribution in [2.24, 2.45) is 5.92 Å². The molecule has 0 aromatic carbocycles. The first-order valence-corrected chi connectivity index (χ1v) is 4.60. The van der Waals surface area contributed by atoms with E-state index >= 15 is 0 Å². The van der Waals surface area contributed by atoms with E-state index in [9.17, 15) is 9.59 Å². The van der Waals surface area contributed by atoms with Crippen LogP contribution in [0.25, 0.3) is 0 Å². The van der Waals surface area contributed by atoms with E-state index in [2.05, 4.69) is 4.74 Å². The van der Waals surface area contributed by atoms with Gasteiger partial charge >= 0.3 is 5.97 Å². The van der Waals surface area contributed by atoms with E-state index in [1.165, 1.54) is 25.8 Å². The molecular formula is C7H12O3S. The molecular weight excluding hydrogens is 164 g/mol. The summed E-state index contributed by atoms with van der Waals surface area (Å²) in [5, 5.41) is 0. The number of rotatable bonds is 4. The van der Waals surface area contributed by atoms with Crippen LogP contribution in [0.1, 0.15) is 6.92 Å². The zero-order valence-corrected chi connectivity index (χ0v) is 7.73. The van der Waals surface area contributed by atoms with Crippen LogP contribution in [-0.4, -0.2) is 30.9 Å². The van der Waals surface area contributed by atoms with E-state index in [0.29, 0.717) is 5.75 Å². The van der Waals surface area contributed by atoms with Crippen molar-refractivity contribution in [3.8, 4) is 0 Å². The van der Waals surface area contributed by atoms with Crippen LogP contribution in [0.2, 0.25) is 0 Å². The largest absolute Gasteiger partial charge is 0.468 e. The van der Waals surface area contributed by atoms with Gasteiger partial charge in [-0.1, -0.05) is 0 Å². The standard InChI is InChI=1S/C7H12O3S/c1-5(8)6(4-11-3)7(9)10-2/h6H,4H2,1-3H3. The minimum Gasteiger partial charge on any atom is -0.468 e. The Hall–Kier alpha value is -0.510. The molecule has 0 aliphatic heterocycles. The number of Topliss-reactive ketones (excluding diaryl/α,β-unsaturated/α-hetero) is 1. The lowest BCUT2D eigenvalue weighted by Gasteiger charge is -2.08. The fourth-order valence-corrected chi connectivity index (χ4v) is 1.36. The molecule has 0 heterocycles. The van der Waals surface area contributed by atoms with Crippen molar-refractivity contribution in [1.29, 1.82) is 0 Å². The Kier molecular flexibility index (Phi) is 4.94. The molecule has 3 nitrogen and oxygen atoms in total. The molecule has 0 aromatic heterocycles. The molecule has 0 saturated heterocycles. The normalized spacial score (nSPS) is 12.3. The SMILES string of the molecule is COC(=O)C(CSC)C(C)=O. The third kappa shape index (κ3) is 3.41. The fourth-order valence-electron chi connectivity index (χ4n) is 0.660. The maximum atomic E-state index is 10.9. The maximum Gasteiger partial charge on any atom is 0.317 e. The first-order valence-electron chi connectivity index (χ1n) is 3.20. The van der Waals surface area contributed by atoms with E-state index in [1.807, 2.05) is 6.26 Å². The van der Waals surface area contributed by atoms with E-state index in [-0.39, 0.29) is 5.78 Å². The summed E-state index contributed by atoms with van der Waals surface area (Å²) in [5.41, 5.74) is 0. The molecule has 0 fully saturated rings. The molecule has 0 spiro atoms. The highest BCUT2D eigenvalue weighted by molar-refractivity contribution is 7.98. The van der Waals surface area contributed by atoms with Crippen LogP contribution in [0.15, 0.2) is 0 Å². The van der Waals surface area contributed by atoms with Gasteiger partial charge in [-0.15, -0.1) is 0 Å². The minimum atomic E-state index is -0.588. The molecule has 0 rings (SSSR count). The molecule has 0 radical (unpaired) electrons. The topological polar surface area (TPSA) is 43.4 Å². The third-order valence-corrected chi connectivity index (χ3v) is 1.98. The number of ketones is 1. The Balaban J connectivity index is 4.09. The summed E-state index contributed by atoms with van der Waals surface area (Å²) in [6.07, 6.45) is 1.85. The monoisotopic (exact) mass is 176 g/mol. The number of carbonyl (C=O) groups is 2. The predicted octanol–water partition coefficient (Wildman–Crippen LogP) is 0.728. The fraction of sp³-hybridized carbons (Fsp3) is 0.714. The Morgan fingerprint density at radius 2 is 2.09 bits per heavy atom. The van der Waals surface area contributed by atoms with Crippen molar-refractivity contribution in [1.82, 2.24) is 0 Å². The predicted molar refractivity (Wildman–Crippen MR) is 44.6 cm³/mol. The number of methoxy groups -OCH3 is 1. The molecule has 0 saturated carbocycles. The van der Waals surface area contributed by atoms with Gasteiger partial charge in [0.05, 0.1) is 7.11 Å². The highest BCUT2D eigenvalue weighted by Gasteiger charge is 2.22. The van der Waals surface area contributed by atoms with Crippen molar-refractivity contribution < 1.29 is 14.3 Å². The van der Waals surface area contributed by atoms with Crippen molar-refractivity contribution >= 4 is 23.5 Å². The quantitative estimate of drug-likeness (QED) is 0.468. The first-order chi connectivity index (χ1) is 5.13. The second-order valence-electron chi connectivity index (χ2n) is 2.14. The van der Waals surface area contributed by atoms with Gasteiger partial charge in [0, 0.05) is 5.75 Å². The van der Waals surface area contributed by atoms with Gasteiger partial charge in [0.1, 0.15) is 11.7 Å². The zero-order valence-electron chi connectivity index (χ0n) is 6.92. The summed E-state index contributed by atoms with van der Waals surface area (Å²) in [5.74, 6) is -0.657. The number of hydrogen-bond acceptors (Lipinski definition) is 4. The lowest BCUT2D eigenvalue weighted by molar-refractivity contribution is -0.147. The maximum absolute atomic E-state index is 10.9. The summed E-state index contributed by atoms with van der Waals surface area (Å²) in [4.78, 5) is 21.7. The van der Waals surface area contributed by atoms with Gasteiger partial charge in [0.2, 0.25) is 0 Å². The molecule has 1 atom stereocenters. The highest BCUT2D eigenvalue weighted by atomic mass is 32.2. The number of thioether (sulfide) groups is 1. The number of esters is 1. The summed E-state index contributed by atoms with van der Waals surface area (Å²) >= 11 is 1.46. The van der Waals surface area contributed by atoms with Gasteiger partial charge in [-0.2, -0.15) is 11.8 Å². The third-order valence-electron chi connectivity index (χ3n) is 1.31. The van der Waals surface area contributed by atoms with E-state index < -0.39 is 11.9 Å². The van der Waals surface area contributed by atoms with Crippen LogP contribution in [-0.2, 0) is 14.3 Å². The summed E-state index contributed by atoms with van der Waals surface area (Å²) < 4.78 is 4.45. The lowest BCUT2D eigenvalue weighted by Crippen LogP contribution is -2.25. The molecule has 64 valence electrons. The van der Waals surface area contributed by atoms with E-state index in [4.69, 9.17) is 0 Å². The van der Waals surface area contributed by atoms with Crippen molar-refractivity contribution in [3.63, 3.8) is 0 Å². The molecule has 0 bridgehead atoms. The highest BCUT2D eigenvalue weighted by Crippen LogP contribution is 2.08. The number of hydrogen-bond donors (Lipinski definition) is 0. The smallest absolute Gasteiger partial charge is 0.317 e. The van der Waals surface area contributed by atoms with Crippen LogP contribution in [0.5, 0.6) is 0 Å². The molecule has 0 amide bonds.